The van der Waals surface area contributed by atoms with Crippen molar-refractivity contribution in [2.75, 3.05) is 33.1 Å². The van der Waals surface area contributed by atoms with Gasteiger partial charge < -0.3 is 29.4 Å². The summed E-state index contributed by atoms with van der Waals surface area (Å²) in [7, 11) is 5.38. The summed E-state index contributed by atoms with van der Waals surface area (Å²) in [6, 6.07) is 11.2. The van der Waals surface area contributed by atoms with Gasteiger partial charge in [0, 0.05) is 37.1 Å². The monoisotopic (exact) mass is 534 g/mol. The van der Waals surface area contributed by atoms with E-state index in [1.165, 1.54) is 31.5 Å². The molecule has 0 bridgehead atoms. The SMILES string of the molecule is COc1cc(/C=N/NC(=O)Nc2ccc(Oc3ccnc(-c4nncn4CCN(C)C)c3)c(F)c2)ccc1O. The van der Waals surface area contributed by atoms with E-state index >= 15 is 0 Å². The van der Waals surface area contributed by atoms with Gasteiger partial charge in [0.25, 0.3) is 0 Å². The van der Waals surface area contributed by atoms with E-state index in [4.69, 9.17) is 9.47 Å². The number of pyridine rings is 1. The highest BCUT2D eigenvalue weighted by Crippen LogP contribution is 2.29. The Morgan fingerprint density at radius 2 is 2.03 bits per heavy atom. The third kappa shape index (κ3) is 7.26. The molecule has 0 unspecified atom stereocenters. The van der Waals surface area contributed by atoms with Gasteiger partial charge in [0.1, 0.15) is 17.8 Å². The summed E-state index contributed by atoms with van der Waals surface area (Å²) in [6.45, 7) is 1.47. The van der Waals surface area contributed by atoms with Gasteiger partial charge in [-0.15, -0.1) is 10.2 Å². The highest BCUT2D eigenvalue weighted by Gasteiger charge is 2.13. The Morgan fingerprint density at radius 3 is 2.79 bits per heavy atom. The van der Waals surface area contributed by atoms with Crippen LogP contribution in [0.15, 0.2) is 66.2 Å². The van der Waals surface area contributed by atoms with Crippen LogP contribution in [0.5, 0.6) is 23.0 Å². The zero-order chi connectivity index (χ0) is 27.8. The van der Waals surface area contributed by atoms with Gasteiger partial charge in [-0.3, -0.25) is 4.98 Å². The summed E-state index contributed by atoms with van der Waals surface area (Å²) in [5, 5.41) is 24.1. The average molecular weight is 535 g/mol. The van der Waals surface area contributed by atoms with Gasteiger partial charge in [0.2, 0.25) is 0 Å². The zero-order valence-corrected chi connectivity index (χ0v) is 21.5. The van der Waals surface area contributed by atoms with Crippen molar-refractivity contribution in [2.24, 2.45) is 5.10 Å². The molecule has 4 aromatic rings. The summed E-state index contributed by atoms with van der Waals surface area (Å²) in [5.74, 6) is 0.471. The Labute approximate surface area is 223 Å². The maximum atomic E-state index is 14.8. The van der Waals surface area contributed by atoms with Gasteiger partial charge in [-0.2, -0.15) is 5.10 Å². The lowest BCUT2D eigenvalue weighted by Gasteiger charge is -2.12. The fourth-order valence-corrected chi connectivity index (χ4v) is 3.41. The molecular weight excluding hydrogens is 507 g/mol. The second-order valence-electron chi connectivity index (χ2n) is 8.53. The van der Waals surface area contributed by atoms with Crippen LogP contribution >= 0.6 is 0 Å². The Bertz CT molecular complexity index is 1470. The van der Waals surface area contributed by atoms with E-state index in [-0.39, 0.29) is 22.9 Å². The van der Waals surface area contributed by atoms with Crippen LogP contribution in [0.25, 0.3) is 11.5 Å². The smallest absolute Gasteiger partial charge is 0.339 e. The number of urea groups is 1. The molecule has 2 heterocycles. The number of hydrogen-bond donors (Lipinski definition) is 3. The third-order valence-electron chi connectivity index (χ3n) is 5.37. The number of hydrazone groups is 1. The number of phenolic OH excluding ortho intramolecular Hbond substituents is 1. The lowest BCUT2D eigenvalue weighted by atomic mass is 10.2. The van der Waals surface area contributed by atoms with Crippen molar-refractivity contribution >= 4 is 17.9 Å². The maximum absolute atomic E-state index is 14.8. The quantitative estimate of drug-likeness (QED) is 0.207. The molecular formula is C26H27FN8O4. The molecule has 0 radical (unpaired) electrons. The Hall–Kier alpha value is -5.04. The predicted molar refractivity (Wildman–Crippen MR) is 143 cm³/mol. The van der Waals surface area contributed by atoms with Crippen LogP contribution in [0.1, 0.15) is 5.56 Å². The molecule has 202 valence electrons. The van der Waals surface area contributed by atoms with Crippen molar-refractivity contribution in [3.63, 3.8) is 0 Å². The lowest BCUT2D eigenvalue weighted by Crippen LogP contribution is -2.24. The first kappa shape index (κ1) is 27.0. The molecule has 4 rings (SSSR count). The Balaban J connectivity index is 1.37. The van der Waals surface area contributed by atoms with Gasteiger partial charge >= 0.3 is 6.03 Å². The normalized spacial score (nSPS) is 11.1. The molecule has 0 aliphatic heterocycles. The fraction of sp³-hybridized carbons (Fsp3) is 0.192. The Morgan fingerprint density at radius 1 is 1.18 bits per heavy atom. The first-order chi connectivity index (χ1) is 18.8. The lowest BCUT2D eigenvalue weighted by molar-refractivity contribution is 0.252. The van der Waals surface area contributed by atoms with E-state index in [0.717, 1.165) is 12.6 Å². The topological polar surface area (TPSA) is 139 Å². The summed E-state index contributed by atoms with van der Waals surface area (Å²) < 4.78 is 27.4. The largest absolute Gasteiger partial charge is 0.504 e. The number of rotatable bonds is 10. The summed E-state index contributed by atoms with van der Waals surface area (Å²) >= 11 is 0. The number of methoxy groups -OCH3 is 1. The molecule has 2 amide bonds. The number of anilines is 1. The summed E-state index contributed by atoms with van der Waals surface area (Å²) in [4.78, 5) is 18.5. The van der Waals surface area contributed by atoms with Crippen LogP contribution in [0.4, 0.5) is 14.9 Å². The van der Waals surface area contributed by atoms with Gasteiger partial charge in [-0.25, -0.2) is 14.6 Å². The minimum atomic E-state index is -0.681. The number of aromatic nitrogens is 4. The highest BCUT2D eigenvalue weighted by atomic mass is 19.1. The number of carbonyl (C=O) groups is 1. The van der Waals surface area contributed by atoms with Gasteiger partial charge in [-0.05, 0) is 56.1 Å². The minimum absolute atomic E-state index is 0.0146. The van der Waals surface area contributed by atoms with Crippen LogP contribution in [0, 0.1) is 5.82 Å². The number of ether oxygens (including phenoxy) is 2. The number of aromatic hydroxyl groups is 1. The number of nitrogens with zero attached hydrogens (tertiary/aromatic N) is 6. The van der Waals surface area contributed by atoms with Crippen LogP contribution in [-0.2, 0) is 6.54 Å². The molecule has 0 saturated carbocycles. The third-order valence-corrected chi connectivity index (χ3v) is 5.37. The van der Waals surface area contributed by atoms with Crippen LogP contribution in [0.3, 0.4) is 0 Å². The average Bonchev–Trinajstić information content (AvgIpc) is 3.39. The number of likely N-dealkylation sites (N-methyl/N-ethyl adjacent to an activating group) is 1. The van der Waals surface area contributed by atoms with Gasteiger partial charge in [0.05, 0.1) is 13.3 Å². The molecule has 0 saturated heterocycles. The van der Waals surface area contributed by atoms with Gasteiger partial charge in [-0.1, -0.05) is 0 Å². The van der Waals surface area contributed by atoms with E-state index in [1.807, 2.05) is 23.6 Å². The molecule has 0 aliphatic rings. The van der Waals surface area contributed by atoms with Gasteiger partial charge in [0.15, 0.2) is 28.9 Å². The van der Waals surface area contributed by atoms with Crippen LogP contribution < -0.4 is 20.2 Å². The number of carbonyl (C=O) groups excluding carboxylic acids is 1. The molecule has 2 aromatic carbocycles. The first-order valence-corrected chi connectivity index (χ1v) is 11.8. The predicted octanol–water partition coefficient (Wildman–Crippen LogP) is 3.70. The number of benzene rings is 2. The van der Waals surface area contributed by atoms with Crippen molar-refractivity contribution in [1.29, 1.82) is 0 Å². The van der Waals surface area contributed by atoms with Crippen molar-refractivity contribution in [2.45, 2.75) is 6.54 Å². The van der Waals surface area contributed by atoms with E-state index in [0.29, 0.717) is 29.4 Å². The molecule has 12 nitrogen and oxygen atoms in total. The number of amides is 2. The molecule has 39 heavy (non-hydrogen) atoms. The van der Waals surface area contributed by atoms with E-state index in [2.05, 4.69) is 31.0 Å². The molecule has 2 aromatic heterocycles. The second kappa shape index (κ2) is 12.5. The minimum Gasteiger partial charge on any atom is -0.504 e. The zero-order valence-electron chi connectivity index (χ0n) is 21.5. The second-order valence-corrected chi connectivity index (χ2v) is 8.53. The number of hydrogen-bond acceptors (Lipinski definition) is 9. The van der Waals surface area contributed by atoms with Crippen LogP contribution in [0.2, 0.25) is 0 Å². The molecule has 3 N–H and O–H groups in total. The van der Waals surface area contributed by atoms with Crippen LogP contribution in [-0.4, -0.2) is 69.8 Å². The molecule has 0 fully saturated rings. The summed E-state index contributed by atoms with van der Waals surface area (Å²) in [5.41, 5.74) is 3.60. The maximum Gasteiger partial charge on any atom is 0.339 e. The van der Waals surface area contributed by atoms with E-state index < -0.39 is 11.8 Å². The van der Waals surface area contributed by atoms with E-state index in [1.54, 1.807) is 36.8 Å². The molecule has 0 spiro atoms. The summed E-state index contributed by atoms with van der Waals surface area (Å²) in [6.07, 6.45) is 4.54. The van der Waals surface area contributed by atoms with Crippen molar-refractivity contribution in [3.8, 4) is 34.5 Å². The first-order valence-electron chi connectivity index (χ1n) is 11.8. The molecule has 13 heteroatoms. The highest BCUT2D eigenvalue weighted by molar-refractivity contribution is 5.90. The standard InChI is InChI=1S/C26H27FN8O4/c1-34(2)10-11-35-16-30-32-25(35)21-14-19(8-9-28-21)39-23-7-5-18(13-20(23)27)31-26(37)33-29-15-17-4-6-22(36)24(12-17)38-3/h4-9,12-16,36H,10-11H2,1-3H3,(H2,31,33,37)/b29-15+. The van der Waals surface area contributed by atoms with Crippen molar-refractivity contribution in [3.05, 3.63) is 72.4 Å². The van der Waals surface area contributed by atoms with E-state index in [9.17, 15) is 14.3 Å². The molecule has 0 aliphatic carbocycles. The number of nitrogens with one attached hydrogen (secondary N) is 2. The number of halogens is 1. The van der Waals surface area contributed by atoms with Crippen molar-refractivity contribution in [1.82, 2.24) is 30.1 Å². The Kier molecular flexibility index (Phi) is 8.64. The number of phenols is 1. The molecule has 0 atom stereocenters. The van der Waals surface area contributed by atoms with Crippen molar-refractivity contribution < 1.29 is 23.8 Å². The fourth-order valence-electron chi connectivity index (χ4n) is 3.41.